The molecule has 0 saturated carbocycles. The monoisotopic (exact) mass is 349 g/mol. The van der Waals surface area contributed by atoms with Crippen molar-refractivity contribution in [1.29, 1.82) is 0 Å². The number of benzene rings is 3. The van der Waals surface area contributed by atoms with Crippen LogP contribution in [0.15, 0.2) is 97.2 Å². The standard InChI is InChI=1S/C24H19NSi/c1-18-14-15-21-23(17-18)26(19-9-4-2-5-10-19,20-11-6-3-7-12-20)22-13-8-16-25-24(21)22/h2-17H,1H3. The van der Waals surface area contributed by atoms with Crippen molar-refractivity contribution < 1.29 is 0 Å². The number of fused-ring (bicyclic) bond motifs is 3. The zero-order valence-corrected chi connectivity index (χ0v) is 15.7. The van der Waals surface area contributed by atoms with E-state index in [2.05, 4.69) is 97.9 Å². The van der Waals surface area contributed by atoms with Crippen LogP contribution in [0.5, 0.6) is 0 Å². The largest absolute Gasteiger partial charge is 0.256 e. The fourth-order valence-corrected chi connectivity index (χ4v) is 9.61. The molecule has 0 bridgehead atoms. The SMILES string of the molecule is Cc1ccc2c(c1)[Si](c1ccccc1)(c1ccccc1)c1cccnc1-2. The summed E-state index contributed by atoms with van der Waals surface area (Å²) in [6.45, 7) is 2.19. The van der Waals surface area contributed by atoms with E-state index in [0.717, 1.165) is 5.69 Å². The molecule has 0 saturated heterocycles. The van der Waals surface area contributed by atoms with Gasteiger partial charge in [-0.3, -0.25) is 4.98 Å². The van der Waals surface area contributed by atoms with Crippen molar-refractivity contribution in [2.24, 2.45) is 0 Å². The zero-order chi connectivity index (χ0) is 17.6. The van der Waals surface area contributed by atoms with Crippen LogP contribution in [0.25, 0.3) is 11.3 Å². The third-order valence-corrected chi connectivity index (χ3v) is 10.3. The number of hydrogen-bond acceptors (Lipinski definition) is 1. The van der Waals surface area contributed by atoms with Gasteiger partial charge in [0.05, 0.1) is 5.69 Å². The van der Waals surface area contributed by atoms with Gasteiger partial charge in [-0.2, -0.15) is 0 Å². The van der Waals surface area contributed by atoms with Gasteiger partial charge in [0.25, 0.3) is 0 Å². The summed E-state index contributed by atoms with van der Waals surface area (Å²) in [5.74, 6) is 0. The van der Waals surface area contributed by atoms with Gasteiger partial charge in [0.15, 0.2) is 8.07 Å². The summed E-state index contributed by atoms with van der Waals surface area (Å²) in [4.78, 5) is 4.81. The second-order valence-corrected chi connectivity index (χ2v) is 10.7. The predicted molar refractivity (Wildman–Crippen MR) is 112 cm³/mol. The maximum atomic E-state index is 4.81. The molecular weight excluding hydrogens is 330 g/mol. The third kappa shape index (κ3) is 1.99. The molecule has 1 aliphatic rings. The zero-order valence-electron chi connectivity index (χ0n) is 14.7. The molecule has 0 amide bonds. The van der Waals surface area contributed by atoms with Crippen LogP contribution in [0, 0.1) is 6.92 Å². The molecule has 5 rings (SSSR count). The van der Waals surface area contributed by atoms with Crippen LogP contribution >= 0.6 is 0 Å². The fourth-order valence-electron chi connectivity index (χ4n) is 4.41. The van der Waals surface area contributed by atoms with E-state index in [-0.39, 0.29) is 0 Å². The minimum atomic E-state index is -2.32. The minimum Gasteiger partial charge on any atom is -0.256 e. The highest BCUT2D eigenvalue weighted by Gasteiger charge is 2.49. The summed E-state index contributed by atoms with van der Waals surface area (Å²) in [7, 11) is -2.32. The smallest absolute Gasteiger partial charge is 0.182 e. The Hall–Kier alpha value is -2.97. The second-order valence-electron chi connectivity index (χ2n) is 6.93. The molecule has 2 heterocycles. The van der Waals surface area contributed by atoms with Crippen LogP contribution in [0.1, 0.15) is 5.56 Å². The Morgan fingerprint density at radius 2 is 1.31 bits per heavy atom. The molecule has 26 heavy (non-hydrogen) atoms. The van der Waals surface area contributed by atoms with Gasteiger partial charge in [-0.05, 0) is 33.7 Å². The number of aryl methyl sites for hydroxylation is 1. The highest BCUT2D eigenvalue weighted by molar-refractivity contribution is 7.22. The van der Waals surface area contributed by atoms with E-state index in [1.807, 2.05) is 6.20 Å². The van der Waals surface area contributed by atoms with Gasteiger partial charge in [0.1, 0.15) is 0 Å². The van der Waals surface area contributed by atoms with Crippen molar-refractivity contribution >= 4 is 28.8 Å². The average Bonchev–Trinajstić information content (AvgIpc) is 3.00. The molecule has 0 aliphatic carbocycles. The average molecular weight is 350 g/mol. The summed E-state index contributed by atoms with van der Waals surface area (Å²) in [6.07, 6.45) is 1.92. The maximum absolute atomic E-state index is 4.81. The van der Waals surface area contributed by atoms with E-state index in [9.17, 15) is 0 Å². The summed E-state index contributed by atoms with van der Waals surface area (Å²) in [6, 6.07) is 33.3. The quantitative estimate of drug-likeness (QED) is 0.447. The molecule has 0 fully saturated rings. The van der Waals surface area contributed by atoms with Crippen LogP contribution in [0.4, 0.5) is 0 Å². The molecule has 0 unspecified atom stereocenters. The number of aromatic nitrogens is 1. The van der Waals surface area contributed by atoms with Crippen LogP contribution < -0.4 is 20.7 Å². The lowest BCUT2D eigenvalue weighted by molar-refractivity contribution is 1.35. The van der Waals surface area contributed by atoms with Crippen molar-refractivity contribution in [3.05, 3.63) is 103 Å². The number of pyridine rings is 1. The summed E-state index contributed by atoms with van der Waals surface area (Å²) >= 11 is 0. The van der Waals surface area contributed by atoms with E-state index in [1.54, 1.807) is 0 Å². The van der Waals surface area contributed by atoms with E-state index in [1.165, 1.54) is 31.9 Å². The topological polar surface area (TPSA) is 12.9 Å². The van der Waals surface area contributed by atoms with Crippen molar-refractivity contribution in [3.63, 3.8) is 0 Å². The Morgan fingerprint density at radius 1 is 0.654 bits per heavy atom. The molecule has 1 aliphatic heterocycles. The molecule has 2 heteroatoms. The second kappa shape index (κ2) is 5.79. The first-order valence-electron chi connectivity index (χ1n) is 9.00. The van der Waals surface area contributed by atoms with Gasteiger partial charge in [-0.25, -0.2) is 0 Å². The van der Waals surface area contributed by atoms with Gasteiger partial charge >= 0.3 is 0 Å². The van der Waals surface area contributed by atoms with E-state index in [4.69, 9.17) is 4.98 Å². The highest BCUT2D eigenvalue weighted by Crippen LogP contribution is 2.27. The normalized spacial score (nSPS) is 13.9. The molecule has 1 aromatic heterocycles. The minimum absolute atomic E-state index is 1.15. The number of rotatable bonds is 2. The Labute approximate surface area is 155 Å². The van der Waals surface area contributed by atoms with Gasteiger partial charge in [-0.1, -0.05) is 90.5 Å². The lowest BCUT2D eigenvalue weighted by atomic mass is 10.1. The van der Waals surface area contributed by atoms with Crippen LogP contribution in [0.3, 0.4) is 0 Å². The van der Waals surface area contributed by atoms with Crippen molar-refractivity contribution in [1.82, 2.24) is 4.98 Å². The summed E-state index contributed by atoms with van der Waals surface area (Å²) in [5, 5.41) is 5.70. The van der Waals surface area contributed by atoms with Crippen LogP contribution in [-0.4, -0.2) is 13.1 Å². The first-order valence-corrected chi connectivity index (χ1v) is 11.0. The van der Waals surface area contributed by atoms with E-state index < -0.39 is 8.07 Å². The number of nitrogens with zero attached hydrogens (tertiary/aromatic N) is 1. The van der Waals surface area contributed by atoms with E-state index in [0.29, 0.717) is 0 Å². The highest BCUT2D eigenvalue weighted by atomic mass is 28.3. The van der Waals surface area contributed by atoms with Gasteiger partial charge < -0.3 is 0 Å². The molecule has 3 aromatic carbocycles. The third-order valence-electron chi connectivity index (χ3n) is 5.46. The summed E-state index contributed by atoms with van der Waals surface area (Å²) < 4.78 is 0. The molecule has 4 aromatic rings. The molecular formula is C24H19NSi. The van der Waals surface area contributed by atoms with Gasteiger partial charge in [0.2, 0.25) is 0 Å². The van der Waals surface area contributed by atoms with Crippen molar-refractivity contribution in [3.8, 4) is 11.3 Å². The first kappa shape index (κ1) is 15.3. The Balaban J connectivity index is 1.99. The number of hydrogen-bond donors (Lipinski definition) is 0. The lowest BCUT2D eigenvalue weighted by Gasteiger charge is -2.31. The molecule has 0 N–H and O–H groups in total. The van der Waals surface area contributed by atoms with Crippen LogP contribution in [0.2, 0.25) is 0 Å². The molecule has 0 atom stereocenters. The molecule has 0 spiro atoms. The van der Waals surface area contributed by atoms with Gasteiger partial charge in [0, 0.05) is 11.8 Å². The molecule has 124 valence electrons. The van der Waals surface area contributed by atoms with Gasteiger partial charge in [-0.15, -0.1) is 0 Å². The Bertz CT molecular complexity index is 1050. The summed E-state index contributed by atoms with van der Waals surface area (Å²) in [5.41, 5.74) is 3.76. The predicted octanol–water partition coefficient (Wildman–Crippen LogP) is 2.75. The Morgan fingerprint density at radius 3 is 1.96 bits per heavy atom. The Kier molecular flexibility index (Phi) is 3.40. The lowest BCUT2D eigenvalue weighted by Crippen LogP contribution is -2.72. The van der Waals surface area contributed by atoms with Crippen LogP contribution in [-0.2, 0) is 0 Å². The van der Waals surface area contributed by atoms with Crippen molar-refractivity contribution in [2.75, 3.05) is 0 Å². The first-order chi connectivity index (χ1) is 12.8. The van der Waals surface area contributed by atoms with E-state index >= 15 is 0 Å². The molecule has 1 nitrogen and oxygen atoms in total. The molecule has 0 radical (unpaired) electrons. The fraction of sp³-hybridized carbons (Fsp3) is 0.0417. The maximum Gasteiger partial charge on any atom is 0.182 e. The van der Waals surface area contributed by atoms with Crippen molar-refractivity contribution in [2.45, 2.75) is 6.92 Å².